The maximum Gasteiger partial charge on any atom is 0.253 e. The fourth-order valence-corrected chi connectivity index (χ4v) is 2.18. The van der Waals surface area contributed by atoms with E-state index >= 15 is 0 Å². The van der Waals surface area contributed by atoms with E-state index in [9.17, 15) is 8.78 Å². The van der Waals surface area contributed by atoms with Gasteiger partial charge in [0.2, 0.25) is 0 Å². The lowest BCUT2D eigenvalue weighted by Crippen LogP contribution is -2.37. The second-order valence-corrected chi connectivity index (χ2v) is 4.87. The lowest BCUT2D eigenvalue weighted by atomic mass is 9.98. The van der Waals surface area contributed by atoms with Crippen LogP contribution in [0.2, 0.25) is 0 Å². The molecule has 1 N–H and O–H groups in total. The lowest BCUT2D eigenvalue weighted by molar-refractivity contribution is 0.102. The molecule has 0 aromatic heterocycles. The van der Waals surface area contributed by atoms with Gasteiger partial charge in [-0.05, 0) is 56.9 Å². The molecule has 2 aliphatic rings. The Hall–Kier alpha value is -0.180. The van der Waals surface area contributed by atoms with Crippen LogP contribution in [0.4, 0.5) is 8.78 Å². The monoisotopic (exact) mass is 203 g/mol. The predicted octanol–water partition coefficient (Wildman–Crippen LogP) is 2.67. The molecule has 0 aromatic rings. The molecule has 2 rings (SSSR count). The Morgan fingerprint density at radius 1 is 1.14 bits per heavy atom. The zero-order valence-corrected chi connectivity index (χ0v) is 8.68. The number of hydrogen-bond donors (Lipinski definition) is 1. The first-order chi connectivity index (χ1) is 6.68. The summed E-state index contributed by atoms with van der Waals surface area (Å²) in [5, 5.41) is 2.97. The minimum Gasteiger partial charge on any atom is -0.309 e. The lowest BCUT2D eigenvalue weighted by Gasteiger charge is -2.19. The molecule has 0 heterocycles. The summed E-state index contributed by atoms with van der Waals surface area (Å²) < 4.78 is 24.5. The molecule has 3 heteroatoms. The normalized spacial score (nSPS) is 24.6. The largest absolute Gasteiger partial charge is 0.309 e. The summed E-state index contributed by atoms with van der Waals surface area (Å²) in [5.74, 6) is 2.39. The molecule has 82 valence electrons. The quantitative estimate of drug-likeness (QED) is 0.699. The van der Waals surface area contributed by atoms with E-state index in [1.165, 1.54) is 25.7 Å². The molecule has 0 radical (unpaired) electrons. The van der Waals surface area contributed by atoms with E-state index < -0.39 is 12.5 Å². The maximum absolute atomic E-state index is 12.2. The molecular formula is C11H19F2N. The molecule has 0 bridgehead atoms. The molecule has 1 nitrogen and oxygen atoms in total. The third-order valence-electron chi connectivity index (χ3n) is 3.51. The zero-order valence-electron chi connectivity index (χ0n) is 8.68. The molecule has 2 saturated carbocycles. The highest BCUT2D eigenvalue weighted by Crippen LogP contribution is 2.48. The second-order valence-electron chi connectivity index (χ2n) is 4.87. The molecule has 14 heavy (non-hydrogen) atoms. The predicted molar refractivity (Wildman–Crippen MR) is 52.4 cm³/mol. The minimum atomic E-state index is -2.23. The summed E-state index contributed by atoms with van der Waals surface area (Å²) in [5.41, 5.74) is 0. The molecular weight excluding hydrogens is 184 g/mol. The van der Waals surface area contributed by atoms with Crippen molar-refractivity contribution in [1.29, 1.82) is 0 Å². The molecule has 2 fully saturated rings. The van der Waals surface area contributed by atoms with E-state index in [0.29, 0.717) is 5.92 Å². The fourth-order valence-electron chi connectivity index (χ4n) is 2.18. The van der Waals surface area contributed by atoms with Crippen LogP contribution in [0.1, 0.15) is 32.6 Å². The van der Waals surface area contributed by atoms with Gasteiger partial charge in [-0.1, -0.05) is 0 Å². The van der Waals surface area contributed by atoms with Gasteiger partial charge in [-0.2, -0.15) is 0 Å². The summed E-state index contributed by atoms with van der Waals surface area (Å²) in [4.78, 5) is 0. The van der Waals surface area contributed by atoms with Crippen molar-refractivity contribution < 1.29 is 8.78 Å². The third kappa shape index (κ3) is 2.66. The summed E-state index contributed by atoms with van der Waals surface area (Å²) >= 11 is 0. The highest BCUT2D eigenvalue weighted by Gasteiger charge is 2.41. The van der Waals surface area contributed by atoms with Gasteiger partial charge in [-0.25, -0.2) is 8.78 Å². The van der Waals surface area contributed by atoms with Gasteiger partial charge in [-0.3, -0.25) is 0 Å². The van der Waals surface area contributed by atoms with Crippen molar-refractivity contribution in [3.8, 4) is 0 Å². The number of nitrogens with one attached hydrogen (secondary N) is 1. The van der Waals surface area contributed by atoms with Gasteiger partial charge in [0.15, 0.2) is 0 Å². The van der Waals surface area contributed by atoms with Gasteiger partial charge in [-0.15, -0.1) is 0 Å². The first-order valence-corrected chi connectivity index (χ1v) is 5.70. The fraction of sp³-hybridized carbons (Fsp3) is 1.00. The number of rotatable bonds is 6. The minimum absolute atomic E-state index is 0.644. The van der Waals surface area contributed by atoms with Crippen LogP contribution in [0.15, 0.2) is 0 Å². The second kappa shape index (κ2) is 4.13. The highest BCUT2D eigenvalue weighted by atomic mass is 19.3. The Morgan fingerprint density at radius 2 is 1.64 bits per heavy atom. The molecule has 0 aliphatic heterocycles. The van der Waals surface area contributed by atoms with Crippen LogP contribution in [0.3, 0.4) is 0 Å². The Kier molecular flexibility index (Phi) is 3.05. The van der Waals surface area contributed by atoms with Crippen molar-refractivity contribution in [2.45, 2.75) is 45.1 Å². The van der Waals surface area contributed by atoms with Crippen LogP contribution >= 0.6 is 0 Å². The van der Waals surface area contributed by atoms with Gasteiger partial charge in [0.1, 0.15) is 0 Å². The molecule has 0 amide bonds. The van der Waals surface area contributed by atoms with Crippen molar-refractivity contribution in [2.24, 2.45) is 17.8 Å². The molecule has 0 saturated heterocycles. The average Bonchev–Trinajstić information content (AvgIpc) is 2.99. The molecule has 0 spiro atoms. The van der Waals surface area contributed by atoms with Crippen molar-refractivity contribution in [2.75, 3.05) is 6.54 Å². The van der Waals surface area contributed by atoms with E-state index in [-0.39, 0.29) is 0 Å². The maximum atomic E-state index is 12.2. The molecule has 1 atom stereocenters. The molecule has 0 aromatic carbocycles. The van der Waals surface area contributed by atoms with Gasteiger partial charge < -0.3 is 5.32 Å². The van der Waals surface area contributed by atoms with Crippen LogP contribution in [-0.4, -0.2) is 19.0 Å². The Morgan fingerprint density at radius 3 is 2.00 bits per heavy atom. The van der Waals surface area contributed by atoms with Crippen LogP contribution in [0, 0.1) is 17.8 Å². The average molecular weight is 203 g/mol. The van der Waals surface area contributed by atoms with E-state index in [4.69, 9.17) is 0 Å². The summed E-state index contributed by atoms with van der Waals surface area (Å²) in [6, 6.07) is -0.644. The summed E-state index contributed by atoms with van der Waals surface area (Å²) in [7, 11) is 0. The standard InChI is InChI=1S/C11H19F2N/c1-7(11(12)13)14-6-10(8-2-3-8)9-4-5-9/h7-11,14H,2-6H2,1H3. The number of alkyl halides is 2. The Bertz CT molecular complexity index is 176. The molecule has 1 unspecified atom stereocenters. The zero-order chi connectivity index (χ0) is 10.1. The SMILES string of the molecule is CC(NCC(C1CC1)C1CC1)C(F)F. The third-order valence-corrected chi connectivity index (χ3v) is 3.51. The van der Waals surface area contributed by atoms with Gasteiger partial charge >= 0.3 is 0 Å². The van der Waals surface area contributed by atoms with Gasteiger partial charge in [0.05, 0.1) is 6.04 Å². The summed E-state index contributed by atoms with van der Waals surface area (Å²) in [6.07, 6.45) is 3.07. The first-order valence-electron chi connectivity index (χ1n) is 5.70. The van der Waals surface area contributed by atoms with Crippen LogP contribution in [0.25, 0.3) is 0 Å². The van der Waals surface area contributed by atoms with Gasteiger partial charge in [0.25, 0.3) is 6.43 Å². The van der Waals surface area contributed by atoms with Crippen molar-refractivity contribution in [3.63, 3.8) is 0 Å². The Balaban J connectivity index is 1.71. The topological polar surface area (TPSA) is 12.0 Å². The smallest absolute Gasteiger partial charge is 0.253 e. The van der Waals surface area contributed by atoms with E-state index in [2.05, 4.69) is 5.32 Å². The summed E-state index contributed by atoms with van der Waals surface area (Å²) in [6.45, 7) is 2.38. The van der Waals surface area contributed by atoms with E-state index in [1.807, 2.05) is 0 Å². The van der Waals surface area contributed by atoms with Crippen molar-refractivity contribution >= 4 is 0 Å². The highest BCUT2D eigenvalue weighted by molar-refractivity contribution is 4.92. The Labute approximate surface area is 84.3 Å². The van der Waals surface area contributed by atoms with E-state index in [0.717, 1.165) is 18.4 Å². The van der Waals surface area contributed by atoms with Crippen molar-refractivity contribution in [1.82, 2.24) is 5.32 Å². The van der Waals surface area contributed by atoms with Crippen molar-refractivity contribution in [3.05, 3.63) is 0 Å². The van der Waals surface area contributed by atoms with Crippen LogP contribution in [0.5, 0.6) is 0 Å². The first kappa shape index (κ1) is 10.3. The van der Waals surface area contributed by atoms with E-state index in [1.54, 1.807) is 6.92 Å². The molecule has 2 aliphatic carbocycles. The number of hydrogen-bond acceptors (Lipinski definition) is 1. The van der Waals surface area contributed by atoms with Crippen LogP contribution < -0.4 is 5.32 Å². The van der Waals surface area contributed by atoms with Crippen LogP contribution in [-0.2, 0) is 0 Å². The van der Waals surface area contributed by atoms with Gasteiger partial charge in [0, 0.05) is 0 Å². The number of halogens is 2.